The summed E-state index contributed by atoms with van der Waals surface area (Å²) in [6.07, 6.45) is -0.462. The maximum atomic E-state index is 12.2. The van der Waals surface area contributed by atoms with E-state index < -0.39 is 12.6 Å². The second-order valence-corrected chi connectivity index (χ2v) is 5.77. The van der Waals surface area contributed by atoms with Crippen molar-refractivity contribution in [3.63, 3.8) is 0 Å². The normalized spacial score (nSPS) is 26.8. The maximum absolute atomic E-state index is 12.2. The molecule has 102 valence electrons. The van der Waals surface area contributed by atoms with Gasteiger partial charge in [0, 0.05) is 12.5 Å². The van der Waals surface area contributed by atoms with Gasteiger partial charge in [-0.05, 0) is 30.6 Å². The molecule has 5 heteroatoms. The lowest BCUT2D eigenvalue weighted by atomic mass is 9.65. The Balaban J connectivity index is 2.59. The average molecular weight is 252 g/mol. The summed E-state index contributed by atoms with van der Waals surface area (Å²) in [7, 11) is 0. The molecule has 1 fully saturated rings. The van der Waals surface area contributed by atoms with Crippen molar-refractivity contribution in [3.8, 4) is 0 Å². The van der Waals surface area contributed by atoms with Crippen molar-refractivity contribution in [2.75, 3.05) is 0 Å². The van der Waals surface area contributed by atoms with Gasteiger partial charge in [0.05, 0.1) is 0 Å². The van der Waals surface area contributed by atoms with Crippen molar-refractivity contribution in [3.05, 3.63) is 0 Å². The van der Waals surface area contributed by atoms with Crippen LogP contribution in [0, 0.1) is 11.3 Å². The molecule has 0 aromatic heterocycles. The molecule has 2 unspecified atom stereocenters. The minimum Gasteiger partial charge on any atom is -0.271 e. The van der Waals surface area contributed by atoms with Gasteiger partial charge >= 0.3 is 6.18 Å². The van der Waals surface area contributed by atoms with Gasteiger partial charge in [-0.3, -0.25) is 11.3 Å². The van der Waals surface area contributed by atoms with E-state index in [9.17, 15) is 13.2 Å². The predicted octanol–water partition coefficient (Wildman–Crippen LogP) is 3.38. The van der Waals surface area contributed by atoms with Crippen molar-refractivity contribution < 1.29 is 13.2 Å². The standard InChI is InChI=1S/C12H23F3N2/c1-11(2)7-4-3-5-9(11)10(17-16)6-8-12(13,14)15/h9-10,17H,3-8,16H2,1-2H3. The van der Waals surface area contributed by atoms with E-state index in [4.69, 9.17) is 5.84 Å². The van der Waals surface area contributed by atoms with Crippen molar-refractivity contribution in [2.45, 2.75) is 64.6 Å². The molecule has 2 atom stereocenters. The Labute approximate surface area is 101 Å². The van der Waals surface area contributed by atoms with E-state index in [2.05, 4.69) is 19.3 Å². The second-order valence-electron chi connectivity index (χ2n) is 5.77. The van der Waals surface area contributed by atoms with E-state index in [0.29, 0.717) is 0 Å². The minimum absolute atomic E-state index is 0.0775. The van der Waals surface area contributed by atoms with E-state index >= 15 is 0 Å². The zero-order chi connectivity index (χ0) is 13.1. The molecule has 0 aromatic carbocycles. The Bertz CT molecular complexity index is 238. The van der Waals surface area contributed by atoms with Crippen LogP contribution in [0.25, 0.3) is 0 Å². The molecule has 3 N–H and O–H groups in total. The molecule has 17 heavy (non-hydrogen) atoms. The molecule has 0 spiro atoms. The molecule has 0 heterocycles. The summed E-state index contributed by atoms with van der Waals surface area (Å²) in [6.45, 7) is 4.27. The zero-order valence-electron chi connectivity index (χ0n) is 10.6. The van der Waals surface area contributed by atoms with Crippen molar-refractivity contribution in [2.24, 2.45) is 17.2 Å². The van der Waals surface area contributed by atoms with E-state index in [1.165, 1.54) is 6.42 Å². The summed E-state index contributed by atoms with van der Waals surface area (Å²) in [6, 6.07) is -0.230. The highest BCUT2D eigenvalue weighted by Gasteiger charge is 2.38. The number of alkyl halides is 3. The summed E-state index contributed by atoms with van der Waals surface area (Å²) in [5.41, 5.74) is 2.68. The smallest absolute Gasteiger partial charge is 0.271 e. The van der Waals surface area contributed by atoms with Crippen molar-refractivity contribution >= 4 is 0 Å². The average Bonchev–Trinajstić information content (AvgIpc) is 2.19. The van der Waals surface area contributed by atoms with Crippen LogP contribution in [0.5, 0.6) is 0 Å². The Kier molecular flexibility index (Phi) is 4.84. The first-order valence-corrected chi connectivity index (χ1v) is 6.29. The Morgan fingerprint density at radius 1 is 1.35 bits per heavy atom. The van der Waals surface area contributed by atoms with Gasteiger partial charge in [0.2, 0.25) is 0 Å². The Morgan fingerprint density at radius 2 is 2.00 bits per heavy atom. The van der Waals surface area contributed by atoms with Crippen LogP contribution < -0.4 is 11.3 Å². The highest BCUT2D eigenvalue weighted by molar-refractivity contribution is 4.89. The molecular formula is C12H23F3N2. The van der Waals surface area contributed by atoms with Crippen LogP contribution in [0.1, 0.15) is 52.4 Å². The summed E-state index contributed by atoms with van der Waals surface area (Å²) in [5, 5.41) is 0. The van der Waals surface area contributed by atoms with Gasteiger partial charge in [-0.2, -0.15) is 13.2 Å². The molecule has 1 saturated carbocycles. The number of halogens is 3. The van der Waals surface area contributed by atoms with E-state index in [1.54, 1.807) is 0 Å². The van der Waals surface area contributed by atoms with Crippen LogP contribution in [-0.2, 0) is 0 Å². The third-order valence-electron chi connectivity index (χ3n) is 4.03. The second kappa shape index (κ2) is 5.57. The minimum atomic E-state index is -4.09. The molecule has 0 aliphatic heterocycles. The molecule has 2 nitrogen and oxygen atoms in total. The van der Waals surface area contributed by atoms with E-state index in [-0.39, 0.29) is 23.8 Å². The first-order chi connectivity index (χ1) is 7.76. The summed E-state index contributed by atoms with van der Waals surface area (Å²) >= 11 is 0. The molecule has 0 amide bonds. The molecule has 0 aromatic rings. The SMILES string of the molecule is CC1(C)CCCCC1C(CCC(F)(F)F)NN. The highest BCUT2D eigenvalue weighted by Crippen LogP contribution is 2.43. The van der Waals surface area contributed by atoms with Crippen molar-refractivity contribution in [1.29, 1.82) is 0 Å². The number of hydrogen-bond donors (Lipinski definition) is 2. The molecule has 1 rings (SSSR count). The van der Waals surface area contributed by atoms with E-state index in [1.807, 2.05) is 0 Å². The lowest BCUT2D eigenvalue weighted by molar-refractivity contribution is -0.138. The fourth-order valence-corrected chi connectivity index (χ4v) is 2.99. The topological polar surface area (TPSA) is 38.0 Å². The fourth-order valence-electron chi connectivity index (χ4n) is 2.99. The molecule has 0 bridgehead atoms. The van der Waals surface area contributed by atoms with Crippen LogP contribution in [0.2, 0.25) is 0 Å². The first kappa shape index (κ1) is 14.8. The summed E-state index contributed by atoms with van der Waals surface area (Å²) in [4.78, 5) is 0. The van der Waals surface area contributed by atoms with Crippen LogP contribution in [-0.4, -0.2) is 12.2 Å². The number of rotatable bonds is 4. The quantitative estimate of drug-likeness (QED) is 0.594. The van der Waals surface area contributed by atoms with E-state index in [0.717, 1.165) is 19.3 Å². The molecular weight excluding hydrogens is 229 g/mol. The van der Waals surface area contributed by atoms with Gasteiger partial charge in [-0.15, -0.1) is 0 Å². The third kappa shape index (κ3) is 4.47. The highest BCUT2D eigenvalue weighted by atomic mass is 19.4. The first-order valence-electron chi connectivity index (χ1n) is 6.29. The summed E-state index contributed by atoms with van der Waals surface area (Å²) in [5.74, 6) is 5.68. The van der Waals surface area contributed by atoms with Crippen LogP contribution in [0.15, 0.2) is 0 Å². The van der Waals surface area contributed by atoms with Gasteiger partial charge in [0.1, 0.15) is 0 Å². The predicted molar refractivity (Wildman–Crippen MR) is 62.1 cm³/mol. The molecule has 0 saturated heterocycles. The van der Waals surface area contributed by atoms with Gasteiger partial charge < -0.3 is 0 Å². The number of nitrogens with one attached hydrogen (secondary N) is 1. The number of hydrogen-bond acceptors (Lipinski definition) is 2. The lowest BCUT2D eigenvalue weighted by Crippen LogP contribution is -2.48. The van der Waals surface area contributed by atoms with Crippen LogP contribution in [0.3, 0.4) is 0 Å². The van der Waals surface area contributed by atoms with Crippen LogP contribution >= 0.6 is 0 Å². The maximum Gasteiger partial charge on any atom is 0.389 e. The number of hydrazine groups is 1. The largest absolute Gasteiger partial charge is 0.389 e. The molecule has 0 radical (unpaired) electrons. The zero-order valence-corrected chi connectivity index (χ0v) is 10.6. The molecule has 1 aliphatic rings. The van der Waals surface area contributed by atoms with Gasteiger partial charge in [0.25, 0.3) is 0 Å². The number of nitrogens with two attached hydrogens (primary N) is 1. The van der Waals surface area contributed by atoms with Gasteiger partial charge in [-0.25, -0.2) is 0 Å². The molecule has 1 aliphatic carbocycles. The fraction of sp³-hybridized carbons (Fsp3) is 1.00. The van der Waals surface area contributed by atoms with Crippen LogP contribution in [0.4, 0.5) is 13.2 Å². The van der Waals surface area contributed by atoms with Gasteiger partial charge in [-0.1, -0.05) is 26.7 Å². The Morgan fingerprint density at radius 3 is 2.47 bits per heavy atom. The third-order valence-corrected chi connectivity index (χ3v) is 4.03. The lowest BCUT2D eigenvalue weighted by Gasteiger charge is -2.43. The summed E-state index contributed by atoms with van der Waals surface area (Å²) < 4.78 is 36.7. The van der Waals surface area contributed by atoms with Gasteiger partial charge in [0.15, 0.2) is 0 Å². The Hall–Kier alpha value is -0.290. The van der Waals surface area contributed by atoms with Crippen molar-refractivity contribution in [1.82, 2.24) is 5.43 Å². The monoisotopic (exact) mass is 252 g/mol.